The number of nitrogens with zero attached hydrogens (tertiary/aromatic N) is 1. The minimum absolute atomic E-state index is 0.0340. The molecule has 25 heavy (non-hydrogen) atoms. The van der Waals surface area contributed by atoms with Crippen LogP contribution in [-0.4, -0.2) is 21.3 Å². The van der Waals surface area contributed by atoms with Gasteiger partial charge in [0.2, 0.25) is 0 Å². The highest BCUT2D eigenvalue weighted by atomic mass is 79.9. The minimum Gasteiger partial charge on any atom is -0.487 e. The van der Waals surface area contributed by atoms with Gasteiger partial charge < -0.3 is 9.84 Å². The third kappa shape index (κ3) is 2.70. The maximum atomic E-state index is 11.3. The van der Waals surface area contributed by atoms with Gasteiger partial charge in [0, 0.05) is 21.2 Å². The van der Waals surface area contributed by atoms with E-state index in [1.165, 1.54) is 0 Å². The zero-order valence-electron chi connectivity index (χ0n) is 12.4. The fourth-order valence-electron chi connectivity index (χ4n) is 2.84. The molecule has 0 fully saturated rings. The van der Waals surface area contributed by atoms with Gasteiger partial charge in [-0.3, -0.25) is 5.10 Å². The maximum absolute atomic E-state index is 11.3. The van der Waals surface area contributed by atoms with Crippen LogP contribution in [0, 0.1) is 0 Å². The zero-order chi connectivity index (χ0) is 17.7. The van der Waals surface area contributed by atoms with Crippen LogP contribution < -0.4 is 4.74 Å². The zero-order valence-corrected chi connectivity index (χ0v) is 15.5. The Balaban J connectivity index is 1.92. The molecule has 0 bridgehead atoms. The molecule has 0 amide bonds. The quantitative estimate of drug-likeness (QED) is 0.560. The summed E-state index contributed by atoms with van der Waals surface area (Å²) in [6.45, 7) is 0.139. The minimum atomic E-state index is -1.07. The van der Waals surface area contributed by atoms with E-state index in [4.69, 9.17) is 27.9 Å². The molecule has 0 spiro atoms. The van der Waals surface area contributed by atoms with E-state index in [1.54, 1.807) is 12.1 Å². The molecule has 1 aliphatic rings. The van der Waals surface area contributed by atoms with Gasteiger partial charge in [0.25, 0.3) is 0 Å². The monoisotopic (exact) mass is 438 g/mol. The molecular weight excluding hydrogens is 431 g/mol. The second kappa shape index (κ2) is 6.05. The number of rotatable bonds is 2. The van der Waals surface area contributed by atoms with Crippen molar-refractivity contribution in [2.24, 2.45) is 0 Å². The normalized spacial score (nSPS) is 12.3. The third-order valence-electron chi connectivity index (χ3n) is 3.98. The van der Waals surface area contributed by atoms with Gasteiger partial charge in [0.1, 0.15) is 18.1 Å². The lowest BCUT2D eigenvalue weighted by Crippen LogP contribution is -2.09. The number of aromatic nitrogens is 2. The van der Waals surface area contributed by atoms with Crippen LogP contribution >= 0.6 is 39.1 Å². The topological polar surface area (TPSA) is 75.2 Å². The van der Waals surface area contributed by atoms with Crippen LogP contribution in [0.15, 0.2) is 34.8 Å². The summed E-state index contributed by atoms with van der Waals surface area (Å²) < 4.78 is 6.48. The van der Waals surface area contributed by atoms with E-state index in [1.807, 2.05) is 18.2 Å². The van der Waals surface area contributed by atoms with E-state index in [2.05, 4.69) is 26.1 Å². The standard InChI is InChI=1S/C17H9BrCl2N2O3/c18-12-4-7(9-2-1-8(19)5-13(9)20)3-10-14-11(6-25-16(10)12)15(17(23)24)22-21-14/h1-5H,6H2,(H,21,22)(H,23,24). The molecule has 0 radical (unpaired) electrons. The number of hydrogen-bond donors (Lipinski definition) is 2. The first kappa shape index (κ1) is 16.4. The Morgan fingerprint density at radius 2 is 2.04 bits per heavy atom. The van der Waals surface area contributed by atoms with Crippen LogP contribution in [0.3, 0.4) is 0 Å². The number of carboxylic acids is 1. The van der Waals surface area contributed by atoms with Crippen LogP contribution in [0.25, 0.3) is 22.4 Å². The molecule has 1 aliphatic heterocycles. The maximum Gasteiger partial charge on any atom is 0.354 e. The highest BCUT2D eigenvalue weighted by Gasteiger charge is 2.28. The molecule has 126 valence electrons. The van der Waals surface area contributed by atoms with E-state index in [-0.39, 0.29) is 12.3 Å². The highest BCUT2D eigenvalue weighted by molar-refractivity contribution is 9.10. The van der Waals surface area contributed by atoms with Gasteiger partial charge >= 0.3 is 5.97 Å². The van der Waals surface area contributed by atoms with Crippen molar-refractivity contribution in [2.45, 2.75) is 6.61 Å². The van der Waals surface area contributed by atoms with Crippen molar-refractivity contribution in [1.82, 2.24) is 10.2 Å². The van der Waals surface area contributed by atoms with Crippen molar-refractivity contribution in [3.63, 3.8) is 0 Å². The van der Waals surface area contributed by atoms with Crippen LogP contribution in [0.2, 0.25) is 10.0 Å². The number of halogens is 3. The number of benzene rings is 2. The van der Waals surface area contributed by atoms with E-state index in [9.17, 15) is 9.90 Å². The Hall–Kier alpha value is -2.02. The lowest BCUT2D eigenvalue weighted by atomic mass is 9.97. The van der Waals surface area contributed by atoms with Gasteiger partial charge in [-0.1, -0.05) is 29.3 Å². The van der Waals surface area contributed by atoms with Crippen LogP contribution in [-0.2, 0) is 6.61 Å². The molecule has 0 unspecified atom stereocenters. The van der Waals surface area contributed by atoms with Crippen molar-refractivity contribution in [1.29, 1.82) is 0 Å². The number of fused-ring (bicyclic) bond motifs is 3. The summed E-state index contributed by atoms with van der Waals surface area (Å²) in [5.41, 5.74) is 3.45. The number of hydrogen-bond acceptors (Lipinski definition) is 3. The molecule has 4 rings (SSSR count). The van der Waals surface area contributed by atoms with Crippen molar-refractivity contribution >= 4 is 45.1 Å². The predicted octanol–water partition coefficient (Wildman–Crippen LogP) is 5.40. The van der Waals surface area contributed by atoms with E-state index < -0.39 is 5.97 Å². The van der Waals surface area contributed by atoms with Crippen LogP contribution in [0.1, 0.15) is 16.1 Å². The van der Waals surface area contributed by atoms with Gasteiger partial charge in [-0.15, -0.1) is 0 Å². The molecule has 2 aromatic carbocycles. The van der Waals surface area contributed by atoms with Crippen molar-refractivity contribution < 1.29 is 14.6 Å². The number of carbonyl (C=O) groups is 1. The molecule has 0 saturated heterocycles. The summed E-state index contributed by atoms with van der Waals surface area (Å²) in [5.74, 6) is -0.457. The molecule has 2 N–H and O–H groups in total. The second-order valence-corrected chi connectivity index (χ2v) is 7.18. The van der Waals surface area contributed by atoms with Gasteiger partial charge in [-0.2, -0.15) is 5.10 Å². The average molecular weight is 440 g/mol. The first-order valence-corrected chi connectivity index (χ1v) is 8.73. The van der Waals surface area contributed by atoms with Crippen LogP contribution in [0.4, 0.5) is 0 Å². The molecular formula is C17H9BrCl2N2O3. The third-order valence-corrected chi connectivity index (χ3v) is 5.12. The predicted molar refractivity (Wildman–Crippen MR) is 98.5 cm³/mol. The number of carboxylic acid groups (broad SMARTS) is 1. The fraction of sp³-hybridized carbons (Fsp3) is 0.0588. The van der Waals surface area contributed by atoms with Crippen molar-refractivity contribution in [2.75, 3.05) is 0 Å². The van der Waals surface area contributed by atoms with E-state index >= 15 is 0 Å². The van der Waals surface area contributed by atoms with Gasteiger partial charge in [-0.25, -0.2) is 4.79 Å². The first-order valence-electron chi connectivity index (χ1n) is 7.18. The van der Waals surface area contributed by atoms with E-state index in [0.29, 0.717) is 32.6 Å². The summed E-state index contributed by atoms with van der Waals surface area (Å²) in [7, 11) is 0. The summed E-state index contributed by atoms with van der Waals surface area (Å²) in [5, 5.41) is 17.1. The number of aromatic amines is 1. The highest BCUT2D eigenvalue weighted by Crippen LogP contribution is 2.45. The molecule has 0 saturated carbocycles. The number of H-pyrrole nitrogens is 1. The Kier molecular flexibility index (Phi) is 3.98. The summed E-state index contributed by atoms with van der Waals surface area (Å²) in [6.07, 6.45) is 0. The lowest BCUT2D eigenvalue weighted by molar-refractivity contribution is 0.0687. The molecule has 8 heteroatoms. The van der Waals surface area contributed by atoms with Gasteiger partial charge in [0.05, 0.1) is 10.0 Å². The average Bonchev–Trinajstić information content (AvgIpc) is 2.99. The first-order chi connectivity index (χ1) is 12.0. The SMILES string of the molecule is O=C(O)c1[nH]nc2c1COc1c(Br)cc(-c3ccc(Cl)cc3Cl)cc1-2. The molecule has 0 aliphatic carbocycles. The summed E-state index contributed by atoms with van der Waals surface area (Å²) >= 11 is 15.8. The van der Waals surface area contributed by atoms with Crippen molar-refractivity contribution in [3.8, 4) is 28.1 Å². The molecule has 1 aromatic heterocycles. The van der Waals surface area contributed by atoms with E-state index in [0.717, 1.165) is 15.6 Å². The summed E-state index contributed by atoms with van der Waals surface area (Å²) in [4.78, 5) is 11.3. The molecule has 5 nitrogen and oxygen atoms in total. The van der Waals surface area contributed by atoms with Crippen molar-refractivity contribution in [3.05, 3.63) is 56.1 Å². The lowest BCUT2D eigenvalue weighted by Gasteiger charge is -2.20. The fourth-order valence-corrected chi connectivity index (χ4v) is 3.94. The Morgan fingerprint density at radius 1 is 1.24 bits per heavy atom. The Morgan fingerprint density at radius 3 is 2.76 bits per heavy atom. The summed E-state index contributed by atoms with van der Waals surface area (Å²) in [6, 6.07) is 9.03. The number of nitrogens with one attached hydrogen (secondary N) is 1. The number of ether oxygens (including phenoxy) is 1. The second-order valence-electron chi connectivity index (χ2n) is 5.48. The largest absolute Gasteiger partial charge is 0.487 e. The Labute approximate surface area is 160 Å². The van der Waals surface area contributed by atoms with Gasteiger partial charge in [0.15, 0.2) is 5.69 Å². The van der Waals surface area contributed by atoms with Gasteiger partial charge in [-0.05, 0) is 45.8 Å². The molecule has 3 aromatic rings. The molecule has 2 heterocycles. The number of aromatic carboxylic acids is 1. The molecule has 0 atom stereocenters. The van der Waals surface area contributed by atoms with Crippen LogP contribution in [0.5, 0.6) is 5.75 Å². The Bertz CT molecular complexity index is 1030. The smallest absolute Gasteiger partial charge is 0.354 e.